The first-order valence-corrected chi connectivity index (χ1v) is 7.74. The summed E-state index contributed by atoms with van der Waals surface area (Å²) in [5.41, 5.74) is 0.578. The van der Waals surface area contributed by atoms with E-state index in [9.17, 15) is 8.42 Å². The zero-order valence-electron chi connectivity index (χ0n) is 10.7. The Morgan fingerprint density at radius 2 is 1.89 bits per heavy atom. The molecule has 0 bridgehead atoms. The van der Waals surface area contributed by atoms with Crippen LogP contribution >= 0.6 is 23.2 Å². The van der Waals surface area contributed by atoms with Crippen molar-refractivity contribution in [2.75, 3.05) is 10.5 Å². The molecule has 0 atom stereocenters. The van der Waals surface area contributed by atoms with Gasteiger partial charge in [0.2, 0.25) is 10.0 Å². The number of hydrogen-bond acceptors (Lipinski definition) is 3. The highest BCUT2D eigenvalue weighted by Gasteiger charge is 2.23. The van der Waals surface area contributed by atoms with Crippen LogP contribution in [0.25, 0.3) is 0 Å². The van der Waals surface area contributed by atoms with E-state index in [2.05, 4.69) is 9.71 Å². The van der Waals surface area contributed by atoms with Crippen LogP contribution in [0.1, 0.15) is 26.3 Å². The highest BCUT2D eigenvalue weighted by Crippen LogP contribution is 2.28. The van der Waals surface area contributed by atoms with Gasteiger partial charge in [-0.25, -0.2) is 13.4 Å². The summed E-state index contributed by atoms with van der Waals surface area (Å²) >= 11 is 11.6. The Kier molecular flexibility index (Phi) is 4.51. The van der Waals surface area contributed by atoms with Crippen molar-refractivity contribution in [2.24, 2.45) is 5.41 Å². The molecule has 0 spiro atoms. The van der Waals surface area contributed by atoms with Crippen molar-refractivity contribution in [2.45, 2.75) is 27.7 Å². The maximum absolute atomic E-state index is 12.0. The average Bonchev–Trinajstić information content (AvgIpc) is 2.07. The second-order valence-electron chi connectivity index (χ2n) is 5.35. The molecule has 7 heteroatoms. The molecule has 102 valence electrons. The fourth-order valence-electron chi connectivity index (χ4n) is 1.48. The Bertz CT molecular complexity index is 528. The van der Waals surface area contributed by atoms with E-state index >= 15 is 0 Å². The van der Waals surface area contributed by atoms with Crippen LogP contribution in [-0.4, -0.2) is 19.2 Å². The summed E-state index contributed by atoms with van der Waals surface area (Å²) in [6.07, 6.45) is 0. The van der Waals surface area contributed by atoms with E-state index in [1.54, 1.807) is 13.0 Å². The maximum Gasteiger partial charge on any atom is 0.233 e. The summed E-state index contributed by atoms with van der Waals surface area (Å²) in [4.78, 5) is 3.82. The van der Waals surface area contributed by atoms with Gasteiger partial charge >= 0.3 is 0 Å². The molecule has 0 unspecified atom stereocenters. The summed E-state index contributed by atoms with van der Waals surface area (Å²) in [6.45, 7) is 7.26. The summed E-state index contributed by atoms with van der Waals surface area (Å²) in [6, 6.07) is 1.56. The van der Waals surface area contributed by atoms with Crippen molar-refractivity contribution in [1.82, 2.24) is 4.98 Å². The third-order valence-corrected chi connectivity index (χ3v) is 4.25. The smallest absolute Gasteiger partial charge is 0.233 e. The van der Waals surface area contributed by atoms with Gasteiger partial charge in [0.1, 0.15) is 5.15 Å². The summed E-state index contributed by atoms with van der Waals surface area (Å²) in [5.74, 6) is -0.00159. The Labute approximate surface area is 118 Å². The van der Waals surface area contributed by atoms with E-state index in [-0.39, 0.29) is 27.2 Å². The first kappa shape index (κ1) is 15.5. The molecule has 0 amide bonds. The van der Waals surface area contributed by atoms with Crippen LogP contribution in [0.3, 0.4) is 0 Å². The quantitative estimate of drug-likeness (QED) is 0.869. The number of aryl methyl sites for hydroxylation is 1. The minimum Gasteiger partial charge on any atom is -0.280 e. The van der Waals surface area contributed by atoms with Crippen molar-refractivity contribution >= 4 is 38.9 Å². The van der Waals surface area contributed by atoms with Crippen LogP contribution in [-0.2, 0) is 10.0 Å². The third kappa shape index (κ3) is 4.63. The Balaban J connectivity index is 3.06. The number of aromatic nitrogens is 1. The Hall–Kier alpha value is -0.520. The third-order valence-electron chi connectivity index (χ3n) is 2.02. The normalized spacial score (nSPS) is 12.6. The Morgan fingerprint density at radius 3 is 2.33 bits per heavy atom. The fourth-order valence-corrected chi connectivity index (χ4v) is 3.90. The van der Waals surface area contributed by atoms with Gasteiger partial charge in [-0.05, 0) is 24.0 Å². The van der Waals surface area contributed by atoms with Gasteiger partial charge < -0.3 is 0 Å². The highest BCUT2D eigenvalue weighted by molar-refractivity contribution is 7.92. The Morgan fingerprint density at radius 1 is 1.33 bits per heavy atom. The molecule has 0 radical (unpaired) electrons. The topological polar surface area (TPSA) is 59.1 Å². The lowest BCUT2D eigenvalue weighted by Crippen LogP contribution is -2.26. The SMILES string of the molecule is Cc1cc(Cl)nc(Cl)c1NS(=O)(=O)CC(C)(C)C. The van der Waals surface area contributed by atoms with Crippen molar-refractivity contribution in [3.05, 3.63) is 21.9 Å². The summed E-state index contributed by atoms with van der Waals surface area (Å²) in [7, 11) is -3.47. The predicted molar refractivity (Wildman–Crippen MR) is 75.9 cm³/mol. The van der Waals surface area contributed by atoms with Gasteiger partial charge in [0.15, 0.2) is 5.15 Å². The molecule has 18 heavy (non-hydrogen) atoms. The van der Waals surface area contributed by atoms with Gasteiger partial charge in [0.05, 0.1) is 11.4 Å². The summed E-state index contributed by atoms with van der Waals surface area (Å²) < 4.78 is 26.4. The number of rotatable bonds is 3. The zero-order valence-corrected chi connectivity index (χ0v) is 13.0. The van der Waals surface area contributed by atoms with Crippen molar-refractivity contribution in [3.8, 4) is 0 Å². The maximum atomic E-state index is 12.0. The van der Waals surface area contributed by atoms with Crippen LogP contribution in [0.5, 0.6) is 0 Å². The lowest BCUT2D eigenvalue weighted by atomic mass is 10.0. The lowest BCUT2D eigenvalue weighted by Gasteiger charge is -2.19. The lowest BCUT2D eigenvalue weighted by molar-refractivity contribution is 0.463. The molecule has 1 heterocycles. The van der Waals surface area contributed by atoms with Crippen LogP contribution < -0.4 is 4.72 Å². The molecule has 1 aromatic heterocycles. The van der Waals surface area contributed by atoms with E-state index in [0.717, 1.165) is 0 Å². The van der Waals surface area contributed by atoms with Gasteiger partial charge in [-0.15, -0.1) is 0 Å². The molecule has 0 aliphatic heterocycles. The molecule has 4 nitrogen and oxygen atoms in total. The van der Waals surface area contributed by atoms with Crippen molar-refractivity contribution in [3.63, 3.8) is 0 Å². The number of anilines is 1. The minimum atomic E-state index is -3.47. The number of pyridine rings is 1. The molecule has 1 N–H and O–H groups in total. The van der Waals surface area contributed by atoms with Crippen molar-refractivity contribution in [1.29, 1.82) is 0 Å². The molecule has 0 aliphatic rings. The van der Waals surface area contributed by atoms with Crippen LogP contribution in [0.4, 0.5) is 5.69 Å². The molecular weight excluding hydrogens is 295 g/mol. The molecule has 1 aromatic rings. The highest BCUT2D eigenvalue weighted by atomic mass is 35.5. The fraction of sp³-hybridized carbons (Fsp3) is 0.545. The van der Waals surface area contributed by atoms with Crippen LogP contribution in [0, 0.1) is 12.3 Å². The van der Waals surface area contributed by atoms with Gasteiger partial charge in [-0.2, -0.15) is 0 Å². The summed E-state index contributed by atoms with van der Waals surface area (Å²) in [5, 5.41) is 0.286. The van der Waals surface area contributed by atoms with Gasteiger partial charge in [0, 0.05) is 0 Å². The number of hydrogen-bond donors (Lipinski definition) is 1. The first-order chi connectivity index (χ1) is 8.00. The van der Waals surface area contributed by atoms with Crippen LogP contribution in [0.2, 0.25) is 10.3 Å². The average molecular weight is 311 g/mol. The first-order valence-electron chi connectivity index (χ1n) is 5.33. The number of sulfonamides is 1. The number of halogens is 2. The van der Waals surface area contributed by atoms with Gasteiger partial charge in [0.25, 0.3) is 0 Å². The molecular formula is C11H16Cl2N2O2S. The van der Waals surface area contributed by atoms with Crippen LogP contribution in [0.15, 0.2) is 6.07 Å². The van der Waals surface area contributed by atoms with E-state index in [1.165, 1.54) is 0 Å². The molecule has 0 fully saturated rings. The van der Waals surface area contributed by atoms with Gasteiger partial charge in [-0.1, -0.05) is 44.0 Å². The van der Waals surface area contributed by atoms with Gasteiger partial charge in [-0.3, -0.25) is 4.72 Å². The predicted octanol–water partition coefficient (Wildman–Crippen LogP) is 3.48. The molecule has 1 rings (SSSR count). The largest absolute Gasteiger partial charge is 0.280 e. The standard InChI is InChI=1S/C11H16Cl2N2O2S/c1-7-5-8(12)14-10(13)9(7)15-18(16,17)6-11(2,3)4/h5,15H,6H2,1-4H3. The van der Waals surface area contributed by atoms with E-state index in [1.807, 2.05) is 20.8 Å². The molecule has 0 saturated carbocycles. The minimum absolute atomic E-state index is 0.00159. The number of nitrogens with zero attached hydrogens (tertiary/aromatic N) is 1. The second-order valence-corrected chi connectivity index (χ2v) is 7.82. The van der Waals surface area contributed by atoms with E-state index in [4.69, 9.17) is 23.2 Å². The second kappa shape index (κ2) is 5.23. The monoisotopic (exact) mass is 310 g/mol. The number of nitrogens with one attached hydrogen (secondary N) is 1. The van der Waals surface area contributed by atoms with Crippen molar-refractivity contribution < 1.29 is 8.42 Å². The molecule has 0 saturated heterocycles. The zero-order chi connectivity index (χ0) is 14.1. The molecule has 0 aromatic carbocycles. The molecule has 0 aliphatic carbocycles. The van der Waals surface area contributed by atoms with E-state index < -0.39 is 10.0 Å². The van der Waals surface area contributed by atoms with E-state index in [0.29, 0.717) is 5.56 Å².